The van der Waals surface area contributed by atoms with Gasteiger partial charge in [-0.15, -0.1) is 0 Å². The summed E-state index contributed by atoms with van der Waals surface area (Å²) >= 11 is 0. The number of aromatic nitrogens is 2. The highest BCUT2D eigenvalue weighted by Gasteiger charge is 2.20. The summed E-state index contributed by atoms with van der Waals surface area (Å²) in [4.78, 5) is 23.1. The molecular formula is C16H22N4O2. The molecule has 0 saturated carbocycles. The van der Waals surface area contributed by atoms with Crippen LogP contribution >= 0.6 is 0 Å². The summed E-state index contributed by atoms with van der Waals surface area (Å²) in [5.41, 5.74) is 6.71. The van der Waals surface area contributed by atoms with Crippen LogP contribution in [0.25, 0.3) is 0 Å². The van der Waals surface area contributed by atoms with E-state index in [1.807, 2.05) is 51.1 Å². The van der Waals surface area contributed by atoms with E-state index in [0.29, 0.717) is 0 Å². The van der Waals surface area contributed by atoms with E-state index in [-0.39, 0.29) is 23.3 Å². The van der Waals surface area contributed by atoms with Crippen LogP contribution in [-0.4, -0.2) is 28.6 Å². The van der Waals surface area contributed by atoms with Gasteiger partial charge >= 0.3 is 0 Å². The Hall–Kier alpha value is -2.63. The van der Waals surface area contributed by atoms with Crippen molar-refractivity contribution in [2.75, 3.05) is 7.05 Å². The first-order chi connectivity index (χ1) is 10.5. The number of hydrogen-bond donors (Lipinski definition) is 2. The molecule has 1 heterocycles. The summed E-state index contributed by atoms with van der Waals surface area (Å²) < 4.78 is 1.47. The van der Waals surface area contributed by atoms with Gasteiger partial charge in [-0.3, -0.25) is 14.3 Å². The Morgan fingerprint density at radius 3 is 2.32 bits per heavy atom. The van der Waals surface area contributed by atoms with E-state index in [9.17, 15) is 9.59 Å². The minimum atomic E-state index is -0.615. The molecule has 0 fully saturated rings. The van der Waals surface area contributed by atoms with E-state index >= 15 is 0 Å². The van der Waals surface area contributed by atoms with Crippen LogP contribution in [-0.2, 0) is 0 Å². The summed E-state index contributed by atoms with van der Waals surface area (Å²) in [5, 5.41) is 6.65. The molecule has 6 nitrogen and oxygen atoms in total. The highest BCUT2D eigenvalue weighted by atomic mass is 16.2. The lowest BCUT2D eigenvalue weighted by atomic mass is 10.1. The van der Waals surface area contributed by atoms with Gasteiger partial charge in [0.15, 0.2) is 5.69 Å². The molecule has 0 saturated heterocycles. The Balaban J connectivity index is 0.00000116. The summed E-state index contributed by atoms with van der Waals surface area (Å²) in [6, 6.07) is 10.8. The zero-order chi connectivity index (χ0) is 16.7. The molecule has 0 aliphatic heterocycles. The first kappa shape index (κ1) is 17.4. The number of carbonyl (C=O) groups is 2. The second-order valence-corrected chi connectivity index (χ2v) is 4.39. The van der Waals surface area contributed by atoms with Gasteiger partial charge in [0.05, 0.1) is 6.04 Å². The van der Waals surface area contributed by atoms with Crippen LogP contribution < -0.4 is 11.1 Å². The van der Waals surface area contributed by atoms with Crippen molar-refractivity contribution in [2.45, 2.75) is 26.8 Å². The van der Waals surface area contributed by atoms with Crippen LogP contribution in [0, 0.1) is 0 Å². The highest BCUT2D eigenvalue weighted by Crippen LogP contribution is 2.19. The third kappa shape index (κ3) is 3.72. The zero-order valence-electron chi connectivity index (χ0n) is 13.3. The Bertz CT molecular complexity index is 635. The minimum Gasteiger partial charge on any atom is -0.364 e. The van der Waals surface area contributed by atoms with Crippen molar-refractivity contribution < 1.29 is 9.59 Å². The lowest BCUT2D eigenvalue weighted by Crippen LogP contribution is -2.21. The van der Waals surface area contributed by atoms with Crippen LogP contribution in [0.2, 0.25) is 0 Å². The molecule has 0 spiro atoms. The normalized spacial score (nSPS) is 11.1. The number of nitrogens with one attached hydrogen (secondary N) is 1. The quantitative estimate of drug-likeness (QED) is 0.904. The number of primary amides is 1. The SMILES string of the molecule is CC.CNC(=O)c1cc(C(N)=O)n(C(C)c2ccccc2)n1. The molecule has 1 aromatic heterocycles. The van der Waals surface area contributed by atoms with Gasteiger partial charge in [-0.25, -0.2) is 0 Å². The largest absolute Gasteiger partial charge is 0.364 e. The fraction of sp³-hybridized carbons (Fsp3) is 0.312. The topological polar surface area (TPSA) is 90.0 Å². The Morgan fingerprint density at radius 2 is 1.82 bits per heavy atom. The maximum atomic E-state index is 11.6. The molecule has 1 aromatic carbocycles. The van der Waals surface area contributed by atoms with Crippen molar-refractivity contribution in [3.05, 3.63) is 53.3 Å². The Labute approximate surface area is 130 Å². The van der Waals surface area contributed by atoms with Crippen molar-refractivity contribution in [3.63, 3.8) is 0 Å². The summed E-state index contributed by atoms with van der Waals surface area (Å²) in [7, 11) is 1.51. The van der Waals surface area contributed by atoms with Gasteiger partial charge in [0.2, 0.25) is 0 Å². The molecule has 0 radical (unpaired) electrons. The Kier molecular flexibility index (Phi) is 6.31. The van der Waals surface area contributed by atoms with Crippen LogP contribution in [0.4, 0.5) is 0 Å². The van der Waals surface area contributed by atoms with Crippen molar-refractivity contribution >= 4 is 11.8 Å². The predicted molar refractivity (Wildman–Crippen MR) is 85.7 cm³/mol. The molecule has 1 atom stereocenters. The monoisotopic (exact) mass is 302 g/mol. The van der Waals surface area contributed by atoms with Gasteiger partial charge in [0, 0.05) is 13.1 Å². The maximum absolute atomic E-state index is 11.6. The van der Waals surface area contributed by atoms with Crippen molar-refractivity contribution in [3.8, 4) is 0 Å². The average molecular weight is 302 g/mol. The lowest BCUT2D eigenvalue weighted by molar-refractivity contribution is 0.0955. The van der Waals surface area contributed by atoms with E-state index in [1.54, 1.807) is 0 Å². The van der Waals surface area contributed by atoms with E-state index in [2.05, 4.69) is 10.4 Å². The summed E-state index contributed by atoms with van der Waals surface area (Å²) in [6.07, 6.45) is 0. The second kappa shape index (κ2) is 7.97. The lowest BCUT2D eigenvalue weighted by Gasteiger charge is -2.14. The fourth-order valence-electron chi connectivity index (χ4n) is 1.99. The van der Waals surface area contributed by atoms with Gasteiger partial charge in [-0.05, 0) is 12.5 Å². The number of carbonyl (C=O) groups excluding carboxylic acids is 2. The molecule has 0 aliphatic rings. The first-order valence-corrected chi connectivity index (χ1v) is 7.21. The summed E-state index contributed by atoms with van der Waals surface area (Å²) in [5.74, 6) is -0.970. The van der Waals surface area contributed by atoms with Gasteiger partial charge in [-0.2, -0.15) is 5.10 Å². The van der Waals surface area contributed by atoms with E-state index < -0.39 is 5.91 Å². The number of amides is 2. The zero-order valence-corrected chi connectivity index (χ0v) is 13.3. The van der Waals surface area contributed by atoms with Crippen molar-refractivity contribution in [2.24, 2.45) is 5.73 Å². The standard InChI is InChI=1S/C14H16N4O2.C2H6/c1-9(10-6-4-3-5-7-10)18-12(13(15)19)8-11(17-18)14(20)16-2;1-2/h3-9H,1-2H3,(H2,15,19)(H,16,20);1-2H3. The van der Waals surface area contributed by atoms with Gasteiger partial charge < -0.3 is 11.1 Å². The third-order valence-electron chi connectivity index (χ3n) is 3.10. The van der Waals surface area contributed by atoms with Crippen molar-refractivity contribution in [1.29, 1.82) is 0 Å². The van der Waals surface area contributed by atoms with E-state index in [0.717, 1.165) is 5.56 Å². The number of hydrogen-bond acceptors (Lipinski definition) is 3. The maximum Gasteiger partial charge on any atom is 0.271 e. The van der Waals surface area contributed by atoms with Gasteiger partial charge in [0.1, 0.15) is 5.69 Å². The molecular weight excluding hydrogens is 280 g/mol. The second-order valence-electron chi connectivity index (χ2n) is 4.39. The van der Waals surface area contributed by atoms with Gasteiger partial charge in [0.25, 0.3) is 11.8 Å². The number of nitrogens with zero attached hydrogens (tertiary/aromatic N) is 2. The van der Waals surface area contributed by atoms with Crippen molar-refractivity contribution in [1.82, 2.24) is 15.1 Å². The summed E-state index contributed by atoms with van der Waals surface area (Å²) in [6.45, 7) is 5.89. The van der Waals surface area contributed by atoms with E-state index in [1.165, 1.54) is 17.8 Å². The molecule has 118 valence electrons. The number of nitrogens with two attached hydrogens (primary N) is 1. The minimum absolute atomic E-state index is 0.170. The third-order valence-corrected chi connectivity index (χ3v) is 3.10. The Morgan fingerprint density at radius 1 is 1.23 bits per heavy atom. The van der Waals surface area contributed by atoms with Crippen LogP contribution in [0.15, 0.2) is 36.4 Å². The molecule has 2 amide bonds. The van der Waals surface area contributed by atoms with Crippen LogP contribution in [0.3, 0.4) is 0 Å². The molecule has 22 heavy (non-hydrogen) atoms. The predicted octanol–water partition coefficient (Wildman–Crippen LogP) is 1.98. The molecule has 0 aliphatic carbocycles. The first-order valence-electron chi connectivity index (χ1n) is 7.21. The van der Waals surface area contributed by atoms with Gasteiger partial charge in [-0.1, -0.05) is 44.2 Å². The number of benzene rings is 1. The highest BCUT2D eigenvalue weighted by molar-refractivity contribution is 5.97. The smallest absolute Gasteiger partial charge is 0.271 e. The molecule has 2 rings (SSSR count). The van der Waals surface area contributed by atoms with E-state index in [4.69, 9.17) is 5.73 Å². The fourth-order valence-corrected chi connectivity index (χ4v) is 1.99. The molecule has 6 heteroatoms. The molecule has 1 unspecified atom stereocenters. The number of rotatable bonds is 4. The molecule has 2 aromatic rings. The average Bonchev–Trinajstić information content (AvgIpc) is 3.01. The molecule has 0 bridgehead atoms. The molecule has 3 N–H and O–H groups in total. The van der Waals surface area contributed by atoms with Crippen LogP contribution in [0.1, 0.15) is 53.4 Å². The van der Waals surface area contributed by atoms with Crippen LogP contribution in [0.5, 0.6) is 0 Å².